The predicted octanol–water partition coefficient (Wildman–Crippen LogP) is 3.66. The van der Waals surface area contributed by atoms with E-state index in [1.807, 2.05) is 20.8 Å². The number of aromatic nitrogens is 1. The summed E-state index contributed by atoms with van der Waals surface area (Å²) in [4.78, 5) is 14.8. The number of anilines is 1. The van der Waals surface area contributed by atoms with Crippen LogP contribution in [0.25, 0.3) is 10.9 Å². The number of nitro benzene ring substituents is 1. The van der Waals surface area contributed by atoms with Gasteiger partial charge in [-0.3, -0.25) is 10.1 Å². The van der Waals surface area contributed by atoms with E-state index >= 15 is 0 Å². The van der Waals surface area contributed by atoms with Crippen molar-refractivity contribution in [1.29, 1.82) is 5.26 Å². The van der Waals surface area contributed by atoms with Crippen LogP contribution in [0.2, 0.25) is 0 Å². The molecule has 0 fully saturated rings. The van der Waals surface area contributed by atoms with E-state index in [4.69, 9.17) is 5.73 Å². The molecule has 2 rings (SSSR count). The lowest BCUT2D eigenvalue weighted by molar-refractivity contribution is -0.384. The van der Waals surface area contributed by atoms with Crippen LogP contribution in [0, 0.1) is 21.4 Å². The number of hydrogen-bond acceptors (Lipinski definition) is 5. The second-order valence-electron chi connectivity index (χ2n) is 5.69. The van der Waals surface area contributed by atoms with Crippen LogP contribution in [0.3, 0.4) is 0 Å². The van der Waals surface area contributed by atoms with Gasteiger partial charge in [-0.05, 0) is 26.9 Å². The highest BCUT2D eigenvalue weighted by molar-refractivity contribution is 9.10. The molecule has 2 aromatic rings. The number of nitro groups is 1. The molecule has 0 unspecified atom stereocenters. The van der Waals surface area contributed by atoms with Gasteiger partial charge >= 0.3 is 0 Å². The Morgan fingerprint density at radius 3 is 2.52 bits per heavy atom. The zero-order chi connectivity index (χ0) is 15.9. The molecule has 0 spiro atoms. The number of rotatable bonds is 1. The molecule has 0 radical (unpaired) electrons. The average Bonchev–Trinajstić information content (AvgIpc) is 2.36. The predicted molar refractivity (Wildman–Crippen MR) is 83.9 cm³/mol. The lowest BCUT2D eigenvalue weighted by atomic mass is 9.81. The molecule has 0 aliphatic carbocycles. The number of fused-ring (bicyclic) bond motifs is 1. The molecule has 0 saturated heterocycles. The van der Waals surface area contributed by atoms with Gasteiger partial charge in [-0.2, -0.15) is 5.26 Å². The van der Waals surface area contributed by atoms with E-state index < -0.39 is 10.3 Å². The average molecular weight is 349 g/mol. The molecule has 108 valence electrons. The Bertz CT molecular complexity index is 803. The minimum absolute atomic E-state index is 0.0599. The van der Waals surface area contributed by atoms with Crippen molar-refractivity contribution >= 4 is 38.3 Å². The van der Waals surface area contributed by atoms with Crippen LogP contribution >= 0.6 is 15.9 Å². The summed E-state index contributed by atoms with van der Waals surface area (Å²) in [5.74, 6) is 0.129. The van der Waals surface area contributed by atoms with Crippen LogP contribution in [0.5, 0.6) is 0 Å². The highest BCUT2D eigenvalue weighted by atomic mass is 79.9. The molecule has 0 atom stereocenters. The number of non-ortho nitro benzene ring substituents is 1. The fourth-order valence-electron chi connectivity index (χ4n) is 2.33. The maximum absolute atomic E-state index is 11.1. The highest BCUT2D eigenvalue weighted by Gasteiger charge is 2.26. The van der Waals surface area contributed by atoms with E-state index in [-0.39, 0.29) is 17.1 Å². The Balaban J connectivity index is 3.07. The molecule has 0 saturated carbocycles. The maximum atomic E-state index is 11.1. The molecule has 2 N–H and O–H groups in total. The van der Waals surface area contributed by atoms with Gasteiger partial charge in [0.25, 0.3) is 5.69 Å². The molecular weight excluding hydrogens is 336 g/mol. The van der Waals surface area contributed by atoms with Crippen LogP contribution in [0.15, 0.2) is 16.6 Å². The Labute approximate surface area is 129 Å². The van der Waals surface area contributed by atoms with Crippen molar-refractivity contribution in [3.8, 4) is 6.07 Å². The van der Waals surface area contributed by atoms with Gasteiger partial charge in [0.1, 0.15) is 11.9 Å². The number of halogens is 1. The van der Waals surface area contributed by atoms with E-state index in [2.05, 4.69) is 27.0 Å². The summed E-state index contributed by atoms with van der Waals surface area (Å²) in [6.45, 7) is 5.78. The van der Waals surface area contributed by atoms with Gasteiger partial charge in [-0.1, -0.05) is 20.8 Å². The second-order valence-corrected chi connectivity index (χ2v) is 6.54. The van der Waals surface area contributed by atoms with E-state index in [0.717, 1.165) is 0 Å². The van der Waals surface area contributed by atoms with Crippen molar-refractivity contribution in [3.05, 3.63) is 37.8 Å². The third kappa shape index (κ3) is 2.54. The van der Waals surface area contributed by atoms with Crippen molar-refractivity contribution in [3.63, 3.8) is 0 Å². The number of nitriles is 1. The Kier molecular flexibility index (Phi) is 3.59. The first-order valence-corrected chi connectivity index (χ1v) is 6.93. The van der Waals surface area contributed by atoms with Gasteiger partial charge < -0.3 is 5.73 Å². The van der Waals surface area contributed by atoms with E-state index in [1.165, 1.54) is 12.1 Å². The second kappa shape index (κ2) is 4.97. The Hall–Kier alpha value is -2.20. The summed E-state index contributed by atoms with van der Waals surface area (Å²) in [5.41, 5.74) is 6.85. The van der Waals surface area contributed by atoms with Gasteiger partial charge in [-0.25, -0.2) is 4.98 Å². The van der Waals surface area contributed by atoms with Crippen LogP contribution in [-0.4, -0.2) is 9.91 Å². The van der Waals surface area contributed by atoms with Gasteiger partial charge in [0.05, 0.1) is 20.5 Å². The zero-order valence-electron chi connectivity index (χ0n) is 11.8. The molecular formula is C14H13BrN4O2. The van der Waals surface area contributed by atoms with Crippen LogP contribution in [0.1, 0.15) is 31.9 Å². The van der Waals surface area contributed by atoms with Crippen LogP contribution in [-0.2, 0) is 5.41 Å². The smallest absolute Gasteiger partial charge is 0.271 e. The number of benzene rings is 1. The monoisotopic (exact) mass is 348 g/mol. The standard InChI is InChI=1S/C14H13BrN4O2/c1-14(2,3)11-8-4-7(19(20)21)5-10(15)12(8)18-13(17)9(11)6-16/h4-5H,1-3H3,(H2,17,18). The summed E-state index contributed by atoms with van der Waals surface area (Å²) >= 11 is 3.29. The van der Waals surface area contributed by atoms with Gasteiger partial charge in [0.2, 0.25) is 0 Å². The van der Waals surface area contributed by atoms with Crippen molar-refractivity contribution in [1.82, 2.24) is 4.98 Å². The number of nitrogens with zero attached hydrogens (tertiary/aromatic N) is 3. The molecule has 21 heavy (non-hydrogen) atoms. The first kappa shape index (κ1) is 15.2. The summed E-state index contributed by atoms with van der Waals surface area (Å²) in [5, 5.41) is 21.0. The molecule has 1 aromatic carbocycles. The normalized spacial score (nSPS) is 11.4. The molecule has 1 aromatic heterocycles. The molecule has 1 heterocycles. The first-order chi connectivity index (χ1) is 9.66. The lowest BCUT2D eigenvalue weighted by Gasteiger charge is -2.23. The molecule has 0 aliphatic heterocycles. The fourth-order valence-corrected chi connectivity index (χ4v) is 2.86. The zero-order valence-corrected chi connectivity index (χ0v) is 13.4. The summed E-state index contributed by atoms with van der Waals surface area (Å²) < 4.78 is 0.480. The molecule has 7 heteroatoms. The van der Waals surface area contributed by atoms with Crippen molar-refractivity contribution in [2.75, 3.05) is 5.73 Å². The first-order valence-electron chi connectivity index (χ1n) is 6.14. The largest absolute Gasteiger partial charge is 0.383 e. The van der Waals surface area contributed by atoms with Gasteiger partial charge in [0, 0.05) is 17.5 Å². The minimum atomic E-state index is -0.473. The number of hydrogen-bond donors (Lipinski definition) is 1. The highest BCUT2D eigenvalue weighted by Crippen LogP contribution is 2.38. The molecule has 0 amide bonds. The number of nitrogens with two attached hydrogens (primary N) is 1. The Morgan fingerprint density at radius 2 is 2.05 bits per heavy atom. The van der Waals surface area contributed by atoms with Crippen molar-refractivity contribution in [2.24, 2.45) is 0 Å². The molecule has 0 aliphatic rings. The van der Waals surface area contributed by atoms with Crippen LogP contribution < -0.4 is 5.73 Å². The molecule has 0 bridgehead atoms. The third-order valence-electron chi connectivity index (χ3n) is 3.13. The lowest BCUT2D eigenvalue weighted by Crippen LogP contribution is -2.16. The quantitative estimate of drug-likeness (QED) is 0.625. The van der Waals surface area contributed by atoms with Crippen LogP contribution in [0.4, 0.5) is 11.5 Å². The summed E-state index contributed by atoms with van der Waals surface area (Å²) in [6, 6.07) is 4.88. The number of nitrogen functional groups attached to an aromatic ring is 1. The Morgan fingerprint density at radius 1 is 1.43 bits per heavy atom. The van der Waals surface area contributed by atoms with Gasteiger partial charge in [-0.15, -0.1) is 0 Å². The van der Waals surface area contributed by atoms with Crippen molar-refractivity contribution < 1.29 is 4.92 Å². The topological polar surface area (TPSA) is 106 Å². The minimum Gasteiger partial charge on any atom is -0.383 e. The summed E-state index contributed by atoms with van der Waals surface area (Å²) in [6.07, 6.45) is 0. The maximum Gasteiger partial charge on any atom is 0.271 e. The summed E-state index contributed by atoms with van der Waals surface area (Å²) in [7, 11) is 0. The number of pyridine rings is 1. The van der Waals surface area contributed by atoms with Crippen molar-refractivity contribution in [2.45, 2.75) is 26.2 Å². The van der Waals surface area contributed by atoms with E-state index in [1.54, 1.807) is 0 Å². The van der Waals surface area contributed by atoms with Gasteiger partial charge in [0.15, 0.2) is 0 Å². The third-order valence-corrected chi connectivity index (χ3v) is 3.73. The van der Waals surface area contributed by atoms with E-state index in [9.17, 15) is 15.4 Å². The SMILES string of the molecule is CC(C)(C)c1c(C#N)c(N)nc2c(Br)cc([N+](=O)[O-])cc12. The fraction of sp³-hybridized carbons (Fsp3) is 0.286. The molecule has 6 nitrogen and oxygen atoms in total. The van der Waals surface area contributed by atoms with E-state index in [0.29, 0.717) is 20.9 Å².